The lowest BCUT2D eigenvalue weighted by Crippen LogP contribution is -2.39. The van der Waals surface area contributed by atoms with Gasteiger partial charge in [-0.15, -0.1) is 0 Å². The molecule has 0 aromatic rings. The number of likely N-dealkylation sites (N-methyl/N-ethyl adjacent to an activating group) is 4. The van der Waals surface area contributed by atoms with Gasteiger partial charge in [-0.05, 0) is 53.9 Å². The van der Waals surface area contributed by atoms with Crippen LogP contribution >= 0.6 is 0 Å². The van der Waals surface area contributed by atoms with Crippen molar-refractivity contribution in [3.8, 4) is 0 Å². The summed E-state index contributed by atoms with van der Waals surface area (Å²) in [6.07, 6.45) is 9.28. The summed E-state index contributed by atoms with van der Waals surface area (Å²) in [6.45, 7) is 9.12. The number of epoxide rings is 2. The number of hydrogen-bond acceptors (Lipinski definition) is 8. The lowest BCUT2D eigenvalue weighted by molar-refractivity contribution is -0.0293. The molecule has 8 heteroatoms. The molecule has 0 spiro atoms. The molecule has 0 aromatic carbocycles. The Bertz CT molecular complexity index is 603. The van der Waals surface area contributed by atoms with Gasteiger partial charge in [-0.1, -0.05) is 0 Å². The van der Waals surface area contributed by atoms with Crippen LogP contribution in [0.25, 0.3) is 0 Å². The Labute approximate surface area is 194 Å². The lowest BCUT2D eigenvalue weighted by atomic mass is 10.1. The average molecular weight is 453 g/mol. The van der Waals surface area contributed by atoms with E-state index >= 15 is 0 Å². The molecule has 6 unspecified atom stereocenters. The zero-order chi connectivity index (χ0) is 22.2. The summed E-state index contributed by atoms with van der Waals surface area (Å²) in [6, 6.07) is 0.750. The monoisotopic (exact) mass is 452 g/mol. The highest BCUT2D eigenvalue weighted by molar-refractivity contribution is 4.95. The number of nitrogens with zero attached hydrogens (tertiary/aromatic N) is 4. The van der Waals surface area contributed by atoms with Gasteiger partial charge in [-0.2, -0.15) is 0 Å². The number of ether oxygens (including phenoxy) is 4. The Morgan fingerprint density at radius 2 is 1.16 bits per heavy atom. The van der Waals surface area contributed by atoms with E-state index in [1.807, 2.05) is 0 Å². The van der Waals surface area contributed by atoms with Crippen LogP contribution in [0.2, 0.25) is 0 Å². The third-order valence-corrected chi connectivity index (χ3v) is 8.05. The van der Waals surface area contributed by atoms with Gasteiger partial charge in [0.1, 0.15) is 0 Å². The molecular formula is C24H44N4O4. The normalized spacial score (nSPS) is 46.1. The third-order valence-electron chi connectivity index (χ3n) is 8.05. The molecule has 0 saturated carbocycles. The average Bonchev–Trinajstić information content (AvgIpc) is 3.43. The quantitative estimate of drug-likeness (QED) is 0.489. The van der Waals surface area contributed by atoms with Gasteiger partial charge in [0, 0.05) is 51.9 Å². The molecule has 184 valence electrons. The number of morpholine rings is 3. The Balaban J connectivity index is 0.0000000903. The minimum atomic E-state index is 0.564. The first-order valence-electron chi connectivity index (χ1n) is 12.8. The van der Waals surface area contributed by atoms with Crippen LogP contribution in [0.15, 0.2) is 0 Å². The second-order valence-corrected chi connectivity index (χ2v) is 11.2. The molecule has 32 heavy (non-hydrogen) atoms. The largest absolute Gasteiger partial charge is 0.375 e. The predicted octanol–water partition coefficient (Wildman–Crippen LogP) is 0.357. The van der Waals surface area contributed by atoms with Crippen LogP contribution < -0.4 is 0 Å². The van der Waals surface area contributed by atoms with Gasteiger partial charge in [-0.25, -0.2) is 0 Å². The fraction of sp³-hybridized carbons (Fsp3) is 1.00. The van der Waals surface area contributed by atoms with Crippen molar-refractivity contribution < 1.29 is 18.9 Å². The highest BCUT2D eigenvalue weighted by Crippen LogP contribution is 2.30. The van der Waals surface area contributed by atoms with E-state index in [2.05, 4.69) is 47.8 Å². The summed E-state index contributed by atoms with van der Waals surface area (Å²) in [5.41, 5.74) is 0. The molecule has 0 N–H and O–H groups in total. The van der Waals surface area contributed by atoms with Crippen molar-refractivity contribution >= 4 is 0 Å². The molecule has 8 atom stereocenters. The van der Waals surface area contributed by atoms with Crippen molar-refractivity contribution in [2.24, 2.45) is 0 Å². The van der Waals surface area contributed by atoms with Crippen molar-refractivity contribution in [3.05, 3.63) is 0 Å². The summed E-state index contributed by atoms with van der Waals surface area (Å²) in [5.74, 6) is 0. The molecule has 8 aliphatic rings. The van der Waals surface area contributed by atoms with Crippen molar-refractivity contribution in [1.29, 1.82) is 0 Å². The number of likely N-dealkylation sites (tertiary alicyclic amines) is 4. The maximum absolute atomic E-state index is 5.63. The topological polar surface area (TPSA) is 56.5 Å². The minimum Gasteiger partial charge on any atom is -0.375 e. The van der Waals surface area contributed by atoms with Crippen LogP contribution in [-0.2, 0) is 18.9 Å². The fourth-order valence-corrected chi connectivity index (χ4v) is 5.94. The molecule has 8 fully saturated rings. The number of piperidine rings is 1. The minimum absolute atomic E-state index is 0.564. The van der Waals surface area contributed by atoms with E-state index in [4.69, 9.17) is 18.9 Å². The van der Waals surface area contributed by atoms with E-state index in [0.29, 0.717) is 42.7 Å². The first kappa shape index (κ1) is 23.4. The van der Waals surface area contributed by atoms with Crippen molar-refractivity contribution in [3.63, 3.8) is 0 Å². The van der Waals surface area contributed by atoms with Crippen LogP contribution in [0.4, 0.5) is 0 Å². The Morgan fingerprint density at radius 1 is 0.562 bits per heavy atom. The van der Waals surface area contributed by atoms with Crippen molar-refractivity contribution in [1.82, 2.24) is 19.6 Å². The molecule has 8 aliphatic heterocycles. The third kappa shape index (κ3) is 6.21. The Hall–Kier alpha value is -0.320. The molecule has 8 nitrogen and oxygen atoms in total. The van der Waals surface area contributed by atoms with E-state index in [1.165, 1.54) is 32.2 Å². The molecule has 8 heterocycles. The second-order valence-electron chi connectivity index (χ2n) is 11.2. The first-order valence-corrected chi connectivity index (χ1v) is 12.8. The summed E-state index contributed by atoms with van der Waals surface area (Å²) in [7, 11) is 8.63. The first-order chi connectivity index (χ1) is 15.4. The van der Waals surface area contributed by atoms with Gasteiger partial charge in [-0.3, -0.25) is 4.90 Å². The molecule has 0 aliphatic carbocycles. The smallest absolute Gasteiger partial charge is 0.0981 e. The highest BCUT2D eigenvalue weighted by Gasteiger charge is 2.45. The highest BCUT2D eigenvalue weighted by atomic mass is 16.6. The van der Waals surface area contributed by atoms with Crippen LogP contribution in [0, 0.1) is 0 Å². The van der Waals surface area contributed by atoms with Gasteiger partial charge in [0.15, 0.2) is 0 Å². The zero-order valence-electron chi connectivity index (χ0n) is 20.5. The summed E-state index contributed by atoms with van der Waals surface area (Å²) >= 11 is 0. The Kier molecular flexibility index (Phi) is 7.41. The molecule has 8 rings (SSSR count). The number of rotatable bonds is 0. The predicted molar refractivity (Wildman–Crippen MR) is 123 cm³/mol. The SMILES string of the molecule is CN1CC2CCC(C1)O2.CN1CC2OC2C1.CN1CCC2OC2C1.CN1C[C@@H]2C[C@H]1CO2. The maximum Gasteiger partial charge on any atom is 0.0981 e. The molecule has 0 radical (unpaired) electrons. The van der Waals surface area contributed by atoms with E-state index in [1.54, 1.807) is 0 Å². The van der Waals surface area contributed by atoms with Gasteiger partial charge >= 0.3 is 0 Å². The summed E-state index contributed by atoms with van der Waals surface area (Å²) < 4.78 is 21.5. The Morgan fingerprint density at radius 3 is 1.59 bits per heavy atom. The van der Waals surface area contributed by atoms with Gasteiger partial charge < -0.3 is 33.6 Å². The van der Waals surface area contributed by atoms with E-state index in [9.17, 15) is 0 Å². The van der Waals surface area contributed by atoms with Crippen molar-refractivity contribution in [2.75, 3.05) is 80.6 Å². The van der Waals surface area contributed by atoms with Crippen molar-refractivity contribution in [2.45, 2.75) is 74.5 Å². The molecule has 4 bridgehead atoms. The van der Waals surface area contributed by atoms with Crippen LogP contribution in [0.1, 0.15) is 25.7 Å². The maximum atomic E-state index is 5.63. The lowest BCUT2D eigenvalue weighted by Gasteiger charge is -2.28. The molecular weight excluding hydrogens is 408 g/mol. The standard InChI is InChI=1S/C7H13NO.2C6H11NO.C5H9NO/c1-8-4-6-2-3-7(5-8)9-6;1-7-3-6-2-5(7)4-8-6;1-7-3-2-5-6(4-7)8-5;1-6-2-4-5(3-6)7-4/h6-7H,2-5H2,1H3;2*5-6H,2-4H2,1H3;4-5H,2-3H2,1H3/t;5-,6-;;/m.0../s1. The van der Waals surface area contributed by atoms with E-state index < -0.39 is 0 Å². The second kappa shape index (κ2) is 10.1. The van der Waals surface area contributed by atoms with Crippen LogP contribution in [0.3, 0.4) is 0 Å². The molecule has 0 aromatic heterocycles. The molecule has 8 saturated heterocycles. The fourth-order valence-electron chi connectivity index (χ4n) is 5.94. The molecule has 0 amide bonds. The summed E-state index contributed by atoms with van der Waals surface area (Å²) in [4.78, 5) is 9.38. The van der Waals surface area contributed by atoms with Crippen LogP contribution in [0.5, 0.6) is 0 Å². The van der Waals surface area contributed by atoms with Crippen LogP contribution in [-0.4, -0.2) is 149 Å². The van der Waals surface area contributed by atoms with E-state index in [0.717, 1.165) is 51.9 Å². The van der Waals surface area contributed by atoms with Gasteiger partial charge in [0.2, 0.25) is 0 Å². The van der Waals surface area contributed by atoms with Gasteiger partial charge in [0.05, 0.1) is 49.3 Å². The zero-order valence-corrected chi connectivity index (χ0v) is 20.5. The number of hydrogen-bond donors (Lipinski definition) is 0. The van der Waals surface area contributed by atoms with E-state index in [-0.39, 0.29) is 0 Å². The summed E-state index contributed by atoms with van der Waals surface area (Å²) in [5, 5.41) is 0. The van der Waals surface area contributed by atoms with Gasteiger partial charge in [0.25, 0.3) is 0 Å². The number of fused-ring (bicyclic) bond motifs is 6.